The number of benzene rings is 1. The topological polar surface area (TPSA) is 43.4 Å². The van der Waals surface area contributed by atoms with Crippen molar-refractivity contribution in [2.45, 2.75) is 32.6 Å². The van der Waals surface area contributed by atoms with Crippen LogP contribution in [0.2, 0.25) is 0 Å². The Morgan fingerprint density at radius 1 is 1.25 bits per heavy atom. The molecule has 2 unspecified atom stereocenters. The van der Waals surface area contributed by atoms with Crippen molar-refractivity contribution < 1.29 is 14.3 Å². The zero-order valence-corrected chi connectivity index (χ0v) is 11.7. The number of carbonyl (C=O) groups excluding carboxylic acids is 2. The van der Waals surface area contributed by atoms with Crippen molar-refractivity contribution in [2.75, 3.05) is 0 Å². The summed E-state index contributed by atoms with van der Waals surface area (Å²) in [7, 11) is 0. The molecule has 0 amide bonds. The molecule has 106 valence electrons. The zero-order valence-electron chi connectivity index (χ0n) is 11.7. The van der Waals surface area contributed by atoms with Gasteiger partial charge in [0, 0.05) is 19.3 Å². The lowest BCUT2D eigenvalue weighted by atomic mass is 9.90. The molecule has 1 aliphatic rings. The molecular formula is C17H20O3. The summed E-state index contributed by atoms with van der Waals surface area (Å²) in [4.78, 5) is 23.5. The van der Waals surface area contributed by atoms with Crippen LogP contribution in [0.5, 0.6) is 5.75 Å². The molecule has 0 radical (unpaired) electrons. The first-order chi connectivity index (χ1) is 9.69. The predicted octanol–water partition coefficient (Wildman–Crippen LogP) is 3.54. The van der Waals surface area contributed by atoms with Gasteiger partial charge >= 0.3 is 5.97 Å². The fourth-order valence-electron chi connectivity index (χ4n) is 2.70. The molecule has 0 aromatic heterocycles. The third kappa shape index (κ3) is 4.05. The second kappa shape index (κ2) is 7.04. The molecule has 2 atom stereocenters. The van der Waals surface area contributed by atoms with E-state index in [0.29, 0.717) is 25.0 Å². The van der Waals surface area contributed by atoms with E-state index in [0.717, 1.165) is 6.42 Å². The average Bonchev–Trinajstić information content (AvgIpc) is 2.77. The average molecular weight is 272 g/mol. The Balaban J connectivity index is 1.90. The molecular weight excluding hydrogens is 252 g/mol. The first-order valence-electron chi connectivity index (χ1n) is 7.07. The Bertz CT molecular complexity index is 490. The summed E-state index contributed by atoms with van der Waals surface area (Å²) in [6.07, 6.45) is 6.34. The third-order valence-electron chi connectivity index (χ3n) is 3.72. The summed E-state index contributed by atoms with van der Waals surface area (Å²) >= 11 is 0. The first kappa shape index (κ1) is 14.5. The maximum Gasteiger partial charge on any atom is 0.311 e. The maximum atomic E-state index is 11.9. The standard InChI is InChI=1S/C17H20O3/c1-2-3-7-13-10-15(18)11-14(13)12-17(19)20-16-8-5-4-6-9-16/h2-6,8-9,13-14H,7,10-12H2,1H3/b3-2-. The third-order valence-corrected chi connectivity index (χ3v) is 3.72. The van der Waals surface area contributed by atoms with E-state index in [2.05, 4.69) is 6.08 Å². The summed E-state index contributed by atoms with van der Waals surface area (Å²) in [6.45, 7) is 1.97. The van der Waals surface area contributed by atoms with E-state index in [1.54, 1.807) is 12.1 Å². The van der Waals surface area contributed by atoms with E-state index in [-0.39, 0.29) is 23.6 Å². The quantitative estimate of drug-likeness (QED) is 0.468. The second-order valence-corrected chi connectivity index (χ2v) is 5.26. The van der Waals surface area contributed by atoms with Gasteiger partial charge in [0.2, 0.25) is 0 Å². The van der Waals surface area contributed by atoms with Gasteiger partial charge in [-0.2, -0.15) is 0 Å². The van der Waals surface area contributed by atoms with Crippen molar-refractivity contribution in [1.29, 1.82) is 0 Å². The molecule has 1 aromatic rings. The SMILES string of the molecule is C/C=C\CC1CC(=O)CC1CC(=O)Oc1ccccc1. The van der Waals surface area contributed by atoms with Crippen LogP contribution in [0.15, 0.2) is 42.5 Å². The van der Waals surface area contributed by atoms with Crippen LogP contribution < -0.4 is 4.74 Å². The lowest BCUT2D eigenvalue weighted by Crippen LogP contribution is -2.17. The van der Waals surface area contributed by atoms with Crippen molar-refractivity contribution in [1.82, 2.24) is 0 Å². The molecule has 1 aromatic carbocycles. The molecule has 0 bridgehead atoms. The minimum Gasteiger partial charge on any atom is -0.427 e. The van der Waals surface area contributed by atoms with Crippen molar-refractivity contribution in [3.8, 4) is 5.75 Å². The van der Waals surface area contributed by atoms with Gasteiger partial charge in [0.1, 0.15) is 11.5 Å². The highest BCUT2D eigenvalue weighted by molar-refractivity contribution is 5.82. The summed E-state index contributed by atoms with van der Waals surface area (Å²) < 4.78 is 5.30. The molecule has 1 saturated carbocycles. The van der Waals surface area contributed by atoms with Crippen LogP contribution in [0, 0.1) is 11.8 Å². The van der Waals surface area contributed by atoms with Gasteiger partial charge in [0.25, 0.3) is 0 Å². The van der Waals surface area contributed by atoms with Gasteiger partial charge in [-0.1, -0.05) is 30.4 Å². The van der Waals surface area contributed by atoms with E-state index in [9.17, 15) is 9.59 Å². The Hall–Kier alpha value is -1.90. The number of carbonyl (C=O) groups is 2. The van der Waals surface area contributed by atoms with Gasteiger partial charge in [0.15, 0.2) is 0 Å². The molecule has 20 heavy (non-hydrogen) atoms. The van der Waals surface area contributed by atoms with Gasteiger partial charge in [-0.3, -0.25) is 9.59 Å². The molecule has 0 aliphatic heterocycles. The fraction of sp³-hybridized carbons (Fsp3) is 0.412. The second-order valence-electron chi connectivity index (χ2n) is 5.26. The van der Waals surface area contributed by atoms with Gasteiger partial charge in [-0.15, -0.1) is 0 Å². The molecule has 2 rings (SSSR count). The molecule has 0 N–H and O–H groups in total. The van der Waals surface area contributed by atoms with E-state index in [1.165, 1.54) is 0 Å². The molecule has 1 aliphatic carbocycles. The largest absolute Gasteiger partial charge is 0.427 e. The number of hydrogen-bond donors (Lipinski definition) is 0. The summed E-state index contributed by atoms with van der Waals surface area (Å²) in [5.74, 6) is 0.974. The molecule has 0 saturated heterocycles. The Morgan fingerprint density at radius 2 is 1.95 bits per heavy atom. The summed E-state index contributed by atoms with van der Waals surface area (Å²) in [6, 6.07) is 9.05. The van der Waals surface area contributed by atoms with E-state index in [4.69, 9.17) is 4.74 Å². The van der Waals surface area contributed by atoms with Crippen molar-refractivity contribution in [2.24, 2.45) is 11.8 Å². The Labute approximate surface area is 119 Å². The predicted molar refractivity (Wildman–Crippen MR) is 77.3 cm³/mol. The highest BCUT2D eigenvalue weighted by Gasteiger charge is 2.33. The molecule has 3 heteroatoms. The van der Waals surface area contributed by atoms with Gasteiger partial charge in [-0.25, -0.2) is 0 Å². The fourth-order valence-corrected chi connectivity index (χ4v) is 2.70. The minimum absolute atomic E-state index is 0.120. The summed E-state index contributed by atoms with van der Waals surface area (Å²) in [5.41, 5.74) is 0. The van der Waals surface area contributed by atoms with Crippen molar-refractivity contribution in [3.63, 3.8) is 0 Å². The van der Waals surface area contributed by atoms with E-state index < -0.39 is 0 Å². The minimum atomic E-state index is -0.249. The number of ketones is 1. The monoisotopic (exact) mass is 272 g/mol. The van der Waals surface area contributed by atoms with Gasteiger partial charge in [-0.05, 0) is 37.3 Å². The van der Waals surface area contributed by atoms with Gasteiger partial charge in [0.05, 0.1) is 0 Å². The van der Waals surface area contributed by atoms with Gasteiger partial charge < -0.3 is 4.74 Å². The molecule has 1 fully saturated rings. The highest BCUT2D eigenvalue weighted by Crippen LogP contribution is 2.34. The number of hydrogen-bond acceptors (Lipinski definition) is 3. The Kier molecular flexibility index (Phi) is 5.10. The van der Waals surface area contributed by atoms with E-state index >= 15 is 0 Å². The first-order valence-corrected chi connectivity index (χ1v) is 7.07. The summed E-state index contributed by atoms with van der Waals surface area (Å²) in [5, 5.41) is 0. The number of rotatable bonds is 5. The van der Waals surface area contributed by atoms with Crippen molar-refractivity contribution >= 4 is 11.8 Å². The van der Waals surface area contributed by atoms with E-state index in [1.807, 2.05) is 31.2 Å². The van der Waals surface area contributed by atoms with Crippen LogP contribution in [0.25, 0.3) is 0 Å². The molecule has 3 nitrogen and oxygen atoms in total. The number of ether oxygens (including phenoxy) is 1. The number of para-hydroxylation sites is 1. The lowest BCUT2D eigenvalue weighted by molar-refractivity contribution is -0.135. The molecule has 0 heterocycles. The molecule has 0 spiro atoms. The zero-order chi connectivity index (χ0) is 14.4. The number of esters is 1. The van der Waals surface area contributed by atoms with Crippen molar-refractivity contribution in [3.05, 3.63) is 42.5 Å². The Morgan fingerprint density at radius 3 is 2.65 bits per heavy atom. The van der Waals surface area contributed by atoms with Crippen LogP contribution in [-0.4, -0.2) is 11.8 Å². The number of allylic oxidation sites excluding steroid dienone is 2. The normalized spacial score (nSPS) is 22.4. The number of Topliss-reactive ketones (excluding diaryl/α,β-unsaturated/α-hetero) is 1. The van der Waals surface area contributed by atoms with Crippen LogP contribution >= 0.6 is 0 Å². The van der Waals surface area contributed by atoms with Crippen LogP contribution in [0.4, 0.5) is 0 Å². The van der Waals surface area contributed by atoms with Crippen LogP contribution in [-0.2, 0) is 9.59 Å². The lowest BCUT2D eigenvalue weighted by Gasteiger charge is -2.16. The van der Waals surface area contributed by atoms with Crippen LogP contribution in [0.3, 0.4) is 0 Å². The maximum absolute atomic E-state index is 11.9. The highest BCUT2D eigenvalue weighted by atomic mass is 16.5. The van der Waals surface area contributed by atoms with Crippen LogP contribution in [0.1, 0.15) is 32.6 Å². The smallest absolute Gasteiger partial charge is 0.311 e.